The highest BCUT2D eigenvalue weighted by atomic mass is 79.9. The van der Waals surface area contributed by atoms with Gasteiger partial charge in [-0.15, -0.1) is 0 Å². The SMILES string of the molecule is COc1cccc(/C=N\NC(=O)CN(Cc2ccc(Cl)cc2)S(=O)(=O)c2ccc(Br)cc2)c1. The molecule has 3 aromatic rings. The summed E-state index contributed by atoms with van der Waals surface area (Å²) in [5.41, 5.74) is 3.79. The van der Waals surface area contributed by atoms with Crippen LogP contribution in [0.25, 0.3) is 0 Å². The summed E-state index contributed by atoms with van der Waals surface area (Å²) in [7, 11) is -2.40. The minimum Gasteiger partial charge on any atom is -0.497 e. The molecule has 0 bridgehead atoms. The zero-order valence-electron chi connectivity index (χ0n) is 17.6. The van der Waals surface area contributed by atoms with Crippen LogP contribution in [0.3, 0.4) is 0 Å². The van der Waals surface area contributed by atoms with Crippen molar-refractivity contribution in [1.29, 1.82) is 0 Å². The first-order chi connectivity index (χ1) is 15.8. The smallest absolute Gasteiger partial charge is 0.255 e. The first-order valence-corrected chi connectivity index (χ1v) is 12.3. The Morgan fingerprint density at radius 1 is 1.12 bits per heavy atom. The maximum Gasteiger partial charge on any atom is 0.255 e. The highest BCUT2D eigenvalue weighted by Crippen LogP contribution is 2.21. The lowest BCUT2D eigenvalue weighted by molar-refractivity contribution is -0.121. The standard InChI is InChI=1S/C23H21BrClN3O4S/c1-32-21-4-2-3-18(13-21)14-26-27-23(29)16-28(15-17-5-9-20(25)10-6-17)33(30,31)22-11-7-19(24)8-12-22/h2-14H,15-16H2,1H3,(H,27,29)/b26-14-. The van der Waals surface area contributed by atoms with Gasteiger partial charge in [-0.25, -0.2) is 13.8 Å². The van der Waals surface area contributed by atoms with Gasteiger partial charge in [-0.2, -0.15) is 9.41 Å². The van der Waals surface area contributed by atoms with Crippen molar-refractivity contribution in [2.75, 3.05) is 13.7 Å². The van der Waals surface area contributed by atoms with Gasteiger partial charge in [0.15, 0.2) is 0 Å². The van der Waals surface area contributed by atoms with Crippen LogP contribution in [0.5, 0.6) is 5.75 Å². The molecule has 7 nitrogen and oxygen atoms in total. The van der Waals surface area contributed by atoms with E-state index in [0.717, 1.165) is 14.3 Å². The molecule has 0 aliphatic heterocycles. The Bertz CT molecular complexity index is 1230. The van der Waals surface area contributed by atoms with E-state index in [4.69, 9.17) is 16.3 Å². The molecule has 0 saturated heterocycles. The van der Waals surface area contributed by atoms with Crippen LogP contribution >= 0.6 is 27.5 Å². The lowest BCUT2D eigenvalue weighted by atomic mass is 10.2. The fraction of sp³-hybridized carbons (Fsp3) is 0.130. The molecular weight excluding hydrogens is 530 g/mol. The number of carbonyl (C=O) groups excluding carboxylic acids is 1. The van der Waals surface area contributed by atoms with Crippen molar-refractivity contribution in [3.8, 4) is 5.75 Å². The van der Waals surface area contributed by atoms with E-state index in [2.05, 4.69) is 26.5 Å². The van der Waals surface area contributed by atoms with Crippen LogP contribution in [0, 0.1) is 0 Å². The van der Waals surface area contributed by atoms with Crippen molar-refractivity contribution >= 4 is 49.7 Å². The first-order valence-electron chi connectivity index (χ1n) is 9.74. The number of carbonyl (C=O) groups is 1. The Morgan fingerprint density at radius 2 is 1.82 bits per heavy atom. The summed E-state index contributed by atoms with van der Waals surface area (Å²) in [6.07, 6.45) is 1.45. The quantitative estimate of drug-likeness (QED) is 0.315. The molecule has 0 unspecified atom stereocenters. The minimum atomic E-state index is -3.96. The van der Waals surface area contributed by atoms with Crippen LogP contribution in [-0.4, -0.2) is 38.5 Å². The second-order valence-electron chi connectivity index (χ2n) is 6.92. The molecule has 0 saturated carbocycles. The van der Waals surface area contributed by atoms with Crippen molar-refractivity contribution in [3.05, 3.63) is 93.4 Å². The third kappa shape index (κ3) is 7.13. The lowest BCUT2D eigenvalue weighted by Gasteiger charge is -2.21. The molecule has 0 aromatic heterocycles. The van der Waals surface area contributed by atoms with E-state index in [9.17, 15) is 13.2 Å². The molecule has 0 aliphatic rings. The van der Waals surface area contributed by atoms with Gasteiger partial charge in [-0.05, 0) is 59.7 Å². The number of nitrogens with one attached hydrogen (secondary N) is 1. The number of rotatable bonds is 9. The summed E-state index contributed by atoms with van der Waals surface area (Å²) in [5, 5.41) is 4.46. The first kappa shape index (κ1) is 24.9. The van der Waals surface area contributed by atoms with E-state index < -0.39 is 22.5 Å². The van der Waals surface area contributed by atoms with Gasteiger partial charge in [0.2, 0.25) is 10.0 Å². The van der Waals surface area contributed by atoms with Crippen molar-refractivity contribution in [2.24, 2.45) is 5.10 Å². The van der Waals surface area contributed by atoms with Gasteiger partial charge >= 0.3 is 0 Å². The average molecular weight is 551 g/mol. The number of sulfonamides is 1. The van der Waals surface area contributed by atoms with E-state index in [-0.39, 0.29) is 11.4 Å². The largest absolute Gasteiger partial charge is 0.497 e. The molecule has 3 aromatic carbocycles. The Labute approximate surface area is 206 Å². The van der Waals surface area contributed by atoms with Gasteiger partial charge < -0.3 is 4.74 Å². The van der Waals surface area contributed by atoms with Crippen LogP contribution in [0.4, 0.5) is 0 Å². The second kappa shape index (κ2) is 11.4. The molecule has 1 N–H and O–H groups in total. The zero-order chi connectivity index (χ0) is 23.8. The van der Waals surface area contributed by atoms with Crippen molar-refractivity contribution in [2.45, 2.75) is 11.4 Å². The van der Waals surface area contributed by atoms with Crippen LogP contribution in [0.1, 0.15) is 11.1 Å². The van der Waals surface area contributed by atoms with Crippen LogP contribution in [-0.2, 0) is 21.4 Å². The predicted octanol–water partition coefficient (Wildman–Crippen LogP) is 4.45. The number of benzene rings is 3. The Hall–Kier alpha value is -2.72. The number of hydrogen-bond acceptors (Lipinski definition) is 5. The monoisotopic (exact) mass is 549 g/mol. The molecule has 10 heteroatoms. The molecule has 3 rings (SSSR count). The number of nitrogens with zero attached hydrogens (tertiary/aromatic N) is 2. The normalized spacial score (nSPS) is 11.6. The highest BCUT2D eigenvalue weighted by Gasteiger charge is 2.27. The summed E-state index contributed by atoms with van der Waals surface area (Å²) < 4.78 is 33.5. The maximum atomic E-state index is 13.3. The predicted molar refractivity (Wildman–Crippen MR) is 132 cm³/mol. The van der Waals surface area contributed by atoms with E-state index >= 15 is 0 Å². The van der Waals surface area contributed by atoms with Crippen molar-refractivity contribution in [1.82, 2.24) is 9.73 Å². The van der Waals surface area contributed by atoms with E-state index in [1.54, 1.807) is 67.8 Å². The molecule has 33 heavy (non-hydrogen) atoms. The fourth-order valence-corrected chi connectivity index (χ4v) is 4.65. The molecule has 0 spiro atoms. The lowest BCUT2D eigenvalue weighted by Crippen LogP contribution is -2.39. The third-order valence-corrected chi connectivity index (χ3v) is 7.13. The Kier molecular flexibility index (Phi) is 8.62. The molecule has 0 fully saturated rings. The van der Waals surface area contributed by atoms with Gasteiger partial charge in [0.25, 0.3) is 5.91 Å². The van der Waals surface area contributed by atoms with Crippen molar-refractivity contribution < 1.29 is 17.9 Å². The molecule has 0 heterocycles. The van der Waals surface area contributed by atoms with Gasteiger partial charge in [-0.1, -0.05) is 51.8 Å². The van der Waals surface area contributed by atoms with E-state index in [0.29, 0.717) is 16.3 Å². The maximum absolute atomic E-state index is 13.3. The van der Waals surface area contributed by atoms with Crippen LogP contribution in [0.15, 0.2) is 87.3 Å². The second-order valence-corrected chi connectivity index (χ2v) is 10.2. The zero-order valence-corrected chi connectivity index (χ0v) is 20.8. The highest BCUT2D eigenvalue weighted by molar-refractivity contribution is 9.10. The number of hydrogen-bond donors (Lipinski definition) is 1. The average Bonchev–Trinajstić information content (AvgIpc) is 2.80. The Balaban J connectivity index is 1.78. The van der Waals surface area contributed by atoms with Gasteiger partial charge in [0.05, 0.1) is 24.8 Å². The summed E-state index contributed by atoms with van der Waals surface area (Å²) in [5.74, 6) is 0.0730. The van der Waals surface area contributed by atoms with Gasteiger partial charge in [0, 0.05) is 16.0 Å². The summed E-state index contributed by atoms with van der Waals surface area (Å²) in [6, 6.07) is 20.1. The molecule has 0 atom stereocenters. The summed E-state index contributed by atoms with van der Waals surface area (Å²) in [6.45, 7) is -0.431. The fourth-order valence-electron chi connectivity index (χ4n) is 2.87. The van der Waals surface area contributed by atoms with E-state index in [1.807, 2.05) is 0 Å². The van der Waals surface area contributed by atoms with Crippen LogP contribution < -0.4 is 10.2 Å². The molecule has 172 valence electrons. The Morgan fingerprint density at radius 3 is 2.48 bits per heavy atom. The van der Waals surface area contributed by atoms with Gasteiger partial charge in [0.1, 0.15) is 5.75 Å². The van der Waals surface area contributed by atoms with Gasteiger partial charge in [-0.3, -0.25) is 4.79 Å². The summed E-state index contributed by atoms with van der Waals surface area (Å²) >= 11 is 9.23. The van der Waals surface area contributed by atoms with Crippen molar-refractivity contribution in [3.63, 3.8) is 0 Å². The molecular formula is C23H21BrClN3O4S. The number of hydrazone groups is 1. The summed E-state index contributed by atoms with van der Waals surface area (Å²) in [4.78, 5) is 12.6. The molecule has 0 radical (unpaired) electrons. The molecule has 0 aliphatic carbocycles. The number of ether oxygens (including phenoxy) is 1. The number of methoxy groups -OCH3 is 1. The van der Waals surface area contributed by atoms with Crippen LogP contribution in [0.2, 0.25) is 5.02 Å². The molecule has 1 amide bonds. The van der Waals surface area contributed by atoms with E-state index in [1.165, 1.54) is 18.3 Å². The number of amides is 1. The third-order valence-electron chi connectivity index (χ3n) is 4.54. The minimum absolute atomic E-state index is 0.0113. The topological polar surface area (TPSA) is 88.1 Å². The number of halogens is 2.